The largest absolute Gasteiger partial charge is 0.479 e. The molecule has 1 atom stereocenters. The summed E-state index contributed by atoms with van der Waals surface area (Å²) >= 11 is 0. The Hall–Kier alpha value is 0.0794. The molecule has 4 heteroatoms. The van der Waals surface area contributed by atoms with E-state index in [2.05, 4.69) is 0 Å². The molecule has 0 aromatic heterocycles. The summed E-state index contributed by atoms with van der Waals surface area (Å²) in [5, 5.41) is 15.8. The minimum Gasteiger partial charge on any atom is -0.479 e. The van der Waals surface area contributed by atoms with Crippen LogP contribution in [0.4, 0.5) is 0 Å². The van der Waals surface area contributed by atoms with E-state index in [-0.39, 0.29) is 20.1 Å². The zero-order valence-corrected chi connectivity index (χ0v) is 6.11. The van der Waals surface area contributed by atoms with Crippen molar-refractivity contribution in [2.24, 2.45) is 0 Å². The molecule has 0 aliphatic rings. The van der Waals surface area contributed by atoms with Crippen molar-refractivity contribution in [2.75, 3.05) is 0 Å². The molecule has 0 fully saturated rings. The van der Waals surface area contributed by atoms with E-state index in [0.717, 1.165) is 0 Å². The summed E-state index contributed by atoms with van der Waals surface area (Å²) in [5.74, 6) is -1.19. The summed E-state index contributed by atoms with van der Waals surface area (Å²) in [7, 11) is 0. The number of aliphatic carboxylic acids is 1. The first-order valence-corrected chi connectivity index (χ1v) is 1.55. The minimum absolute atomic E-state index is 0. The Morgan fingerprint density at radius 1 is 1.71 bits per heavy atom. The maximum Gasteiger partial charge on any atom is 0.332 e. The van der Waals surface area contributed by atoms with Gasteiger partial charge in [0.05, 0.1) is 0 Å². The Morgan fingerprint density at radius 3 is 1.86 bits per heavy atom. The molecule has 0 amide bonds. The predicted octanol–water partition coefficient (Wildman–Crippen LogP) is -0.551. The van der Waals surface area contributed by atoms with E-state index < -0.39 is 12.1 Å². The minimum atomic E-state index is -1.23. The summed E-state index contributed by atoms with van der Waals surface area (Å²) in [6.07, 6.45) is -1.23. The molecule has 0 saturated heterocycles. The van der Waals surface area contributed by atoms with E-state index in [1.165, 1.54) is 6.92 Å². The topological polar surface area (TPSA) is 57.5 Å². The third-order valence-corrected chi connectivity index (χ3v) is 0.357. The zero-order valence-electron chi connectivity index (χ0n) is 3.71. The molecule has 0 rings (SSSR count). The standard InChI is InChI=1S/C3H6O3.Ir/c1-2(4)3(5)6;/h2,4H,1H3,(H,5,6);. The van der Waals surface area contributed by atoms with Crippen molar-refractivity contribution in [1.82, 2.24) is 0 Å². The molecule has 0 aromatic rings. The van der Waals surface area contributed by atoms with E-state index >= 15 is 0 Å². The van der Waals surface area contributed by atoms with Crippen LogP contribution < -0.4 is 0 Å². The summed E-state index contributed by atoms with van der Waals surface area (Å²) in [6.45, 7) is 1.20. The number of hydrogen-bond donors (Lipinski definition) is 2. The van der Waals surface area contributed by atoms with Crippen LogP contribution in [0.2, 0.25) is 0 Å². The molecular formula is C3H6IrO3. The molecule has 0 spiro atoms. The van der Waals surface area contributed by atoms with Gasteiger partial charge in [0, 0.05) is 20.1 Å². The predicted molar refractivity (Wildman–Crippen MR) is 19.3 cm³/mol. The Bertz CT molecular complexity index is 61.2. The van der Waals surface area contributed by atoms with E-state index in [4.69, 9.17) is 10.2 Å². The number of aliphatic hydroxyl groups excluding tert-OH is 1. The monoisotopic (exact) mass is 283 g/mol. The van der Waals surface area contributed by atoms with Crippen LogP contribution in [0.3, 0.4) is 0 Å². The second-order valence-corrected chi connectivity index (χ2v) is 1.01. The summed E-state index contributed by atoms with van der Waals surface area (Å²) in [5.41, 5.74) is 0. The van der Waals surface area contributed by atoms with Gasteiger partial charge in [-0.2, -0.15) is 0 Å². The Morgan fingerprint density at radius 2 is 1.86 bits per heavy atom. The first kappa shape index (κ1) is 10.1. The fourth-order valence-corrected chi connectivity index (χ4v) is 0. The Labute approximate surface area is 54.7 Å². The summed E-state index contributed by atoms with van der Waals surface area (Å²) in [6, 6.07) is 0. The van der Waals surface area contributed by atoms with Crippen LogP contribution in [0.15, 0.2) is 0 Å². The average Bonchev–Trinajstić information content (AvgIpc) is 1.36. The molecule has 0 aromatic carbocycles. The van der Waals surface area contributed by atoms with Crippen molar-refractivity contribution < 1.29 is 35.1 Å². The zero-order chi connectivity index (χ0) is 5.15. The van der Waals surface area contributed by atoms with Gasteiger partial charge in [0.2, 0.25) is 0 Å². The van der Waals surface area contributed by atoms with Crippen molar-refractivity contribution in [2.45, 2.75) is 13.0 Å². The third-order valence-electron chi connectivity index (χ3n) is 0.357. The van der Waals surface area contributed by atoms with Crippen LogP contribution >= 0.6 is 0 Å². The molecule has 0 heterocycles. The molecule has 45 valence electrons. The summed E-state index contributed by atoms with van der Waals surface area (Å²) < 4.78 is 0. The SMILES string of the molecule is CC(O)C(=O)O.[Ir]. The molecule has 2 N–H and O–H groups in total. The maximum absolute atomic E-state index is 9.45. The molecule has 0 aliphatic carbocycles. The fourth-order valence-electron chi connectivity index (χ4n) is 0. The van der Waals surface area contributed by atoms with Crippen molar-refractivity contribution in [3.05, 3.63) is 0 Å². The van der Waals surface area contributed by atoms with Crippen LogP contribution in [0.1, 0.15) is 6.92 Å². The number of carboxylic acids is 1. The summed E-state index contributed by atoms with van der Waals surface area (Å²) in [4.78, 5) is 9.45. The molecule has 0 bridgehead atoms. The molecule has 1 radical (unpaired) electrons. The fraction of sp³-hybridized carbons (Fsp3) is 0.667. The van der Waals surface area contributed by atoms with E-state index in [1.807, 2.05) is 0 Å². The van der Waals surface area contributed by atoms with Gasteiger partial charge in [-0.25, -0.2) is 4.79 Å². The first-order valence-electron chi connectivity index (χ1n) is 1.55. The molecule has 0 aliphatic heterocycles. The van der Waals surface area contributed by atoms with Gasteiger partial charge in [0.15, 0.2) is 0 Å². The normalized spacial score (nSPS) is 11.7. The maximum atomic E-state index is 9.45. The number of carbonyl (C=O) groups is 1. The molecule has 1 unspecified atom stereocenters. The molecular weight excluding hydrogens is 276 g/mol. The molecule has 7 heavy (non-hydrogen) atoms. The smallest absolute Gasteiger partial charge is 0.332 e. The van der Waals surface area contributed by atoms with Gasteiger partial charge in [-0.15, -0.1) is 0 Å². The van der Waals surface area contributed by atoms with Crippen molar-refractivity contribution >= 4 is 5.97 Å². The van der Waals surface area contributed by atoms with Crippen molar-refractivity contribution in [3.8, 4) is 0 Å². The van der Waals surface area contributed by atoms with Crippen LogP contribution in [0.5, 0.6) is 0 Å². The Balaban J connectivity index is 0. The van der Waals surface area contributed by atoms with Gasteiger partial charge in [-0.1, -0.05) is 0 Å². The van der Waals surface area contributed by atoms with Gasteiger partial charge >= 0.3 is 5.97 Å². The van der Waals surface area contributed by atoms with Crippen LogP contribution in [0.25, 0.3) is 0 Å². The van der Waals surface area contributed by atoms with Gasteiger partial charge in [-0.3, -0.25) is 0 Å². The van der Waals surface area contributed by atoms with Crippen LogP contribution in [-0.4, -0.2) is 22.3 Å². The van der Waals surface area contributed by atoms with Gasteiger partial charge in [0.1, 0.15) is 6.10 Å². The van der Waals surface area contributed by atoms with Crippen molar-refractivity contribution in [3.63, 3.8) is 0 Å². The number of hydrogen-bond acceptors (Lipinski definition) is 2. The average molecular weight is 282 g/mol. The Kier molecular flexibility index (Phi) is 6.15. The number of carboxylic acid groups (broad SMARTS) is 1. The van der Waals surface area contributed by atoms with E-state index in [0.29, 0.717) is 0 Å². The van der Waals surface area contributed by atoms with Gasteiger partial charge in [0.25, 0.3) is 0 Å². The van der Waals surface area contributed by atoms with E-state index in [1.54, 1.807) is 0 Å². The third kappa shape index (κ3) is 6.08. The molecule has 0 saturated carbocycles. The second-order valence-electron chi connectivity index (χ2n) is 1.01. The number of rotatable bonds is 1. The van der Waals surface area contributed by atoms with Crippen LogP contribution in [0, 0.1) is 0 Å². The van der Waals surface area contributed by atoms with Crippen LogP contribution in [-0.2, 0) is 24.9 Å². The van der Waals surface area contributed by atoms with Crippen molar-refractivity contribution in [1.29, 1.82) is 0 Å². The first-order chi connectivity index (χ1) is 2.64. The number of aliphatic hydroxyl groups is 1. The quantitative estimate of drug-likeness (QED) is 0.678. The molecule has 3 nitrogen and oxygen atoms in total. The van der Waals surface area contributed by atoms with E-state index in [9.17, 15) is 4.79 Å². The van der Waals surface area contributed by atoms with Gasteiger partial charge < -0.3 is 10.2 Å². The second kappa shape index (κ2) is 4.24. The van der Waals surface area contributed by atoms with Gasteiger partial charge in [-0.05, 0) is 6.92 Å².